The Morgan fingerprint density at radius 2 is 2.00 bits per heavy atom. The van der Waals surface area contributed by atoms with E-state index in [9.17, 15) is 9.59 Å². The van der Waals surface area contributed by atoms with Gasteiger partial charge in [-0.1, -0.05) is 33.6 Å². The summed E-state index contributed by atoms with van der Waals surface area (Å²) in [6, 6.07) is 11.0. The predicted octanol–water partition coefficient (Wildman–Crippen LogP) is 4.79. The van der Waals surface area contributed by atoms with Crippen molar-refractivity contribution in [1.29, 1.82) is 0 Å². The largest absolute Gasteiger partial charge is 0.425 e. The van der Waals surface area contributed by atoms with Crippen LogP contribution >= 0.6 is 31.9 Å². The van der Waals surface area contributed by atoms with Crippen LogP contribution in [-0.2, 0) is 14.3 Å². The zero-order valence-corrected chi connectivity index (χ0v) is 17.0. The van der Waals surface area contributed by atoms with E-state index in [-0.39, 0.29) is 11.6 Å². The highest BCUT2D eigenvalue weighted by Crippen LogP contribution is 2.35. The maximum atomic E-state index is 12.2. The first-order valence-electron chi connectivity index (χ1n) is 7.60. The van der Waals surface area contributed by atoms with Crippen LogP contribution in [0.2, 0.25) is 0 Å². The van der Waals surface area contributed by atoms with Gasteiger partial charge in [0.2, 0.25) is 5.90 Å². The molecule has 0 aliphatic carbocycles. The lowest BCUT2D eigenvalue weighted by atomic mass is 10.1. The summed E-state index contributed by atoms with van der Waals surface area (Å²) in [6.45, 7) is 3.26. The topological polar surface area (TPSA) is 65.0 Å². The summed E-state index contributed by atoms with van der Waals surface area (Å²) in [4.78, 5) is 27.9. The number of esters is 2. The molecule has 5 nitrogen and oxygen atoms in total. The number of nitrogens with zero attached hydrogens (tertiary/aromatic N) is 1. The zero-order chi connectivity index (χ0) is 18.8. The lowest BCUT2D eigenvalue weighted by Gasteiger charge is -2.09. The van der Waals surface area contributed by atoms with Gasteiger partial charge in [0.25, 0.3) is 0 Å². The summed E-state index contributed by atoms with van der Waals surface area (Å²) in [5, 5.41) is 0. The molecule has 0 aromatic heterocycles. The number of carbonyl (C=O) groups excluding carboxylic acids is 2. The summed E-state index contributed by atoms with van der Waals surface area (Å²) in [5.41, 5.74) is 2.40. The maximum Gasteiger partial charge on any atom is 0.363 e. The van der Waals surface area contributed by atoms with E-state index >= 15 is 0 Å². The second kappa shape index (κ2) is 7.55. The Bertz CT molecular complexity index is 979. The van der Waals surface area contributed by atoms with Crippen molar-refractivity contribution in [3.8, 4) is 5.75 Å². The summed E-state index contributed by atoms with van der Waals surface area (Å²) < 4.78 is 11.9. The number of rotatable bonds is 3. The Morgan fingerprint density at radius 1 is 1.23 bits per heavy atom. The molecule has 0 atom stereocenters. The minimum Gasteiger partial charge on any atom is -0.425 e. The van der Waals surface area contributed by atoms with Gasteiger partial charge in [0, 0.05) is 22.5 Å². The fraction of sp³-hybridized carbons (Fsp3) is 0.105. The molecular weight excluding hydrogens is 466 g/mol. The Kier molecular flexibility index (Phi) is 5.38. The van der Waals surface area contributed by atoms with Gasteiger partial charge in [0.15, 0.2) is 11.4 Å². The van der Waals surface area contributed by atoms with E-state index in [1.165, 1.54) is 13.0 Å². The number of aryl methyl sites for hydroxylation is 1. The Labute approximate surface area is 167 Å². The van der Waals surface area contributed by atoms with E-state index < -0.39 is 11.9 Å². The molecule has 26 heavy (non-hydrogen) atoms. The van der Waals surface area contributed by atoms with Crippen molar-refractivity contribution >= 4 is 55.8 Å². The molecule has 1 aliphatic heterocycles. The molecule has 2 aromatic carbocycles. The van der Waals surface area contributed by atoms with Crippen molar-refractivity contribution in [3.05, 3.63) is 67.7 Å². The van der Waals surface area contributed by atoms with E-state index in [4.69, 9.17) is 9.47 Å². The molecule has 1 heterocycles. The average molecular weight is 479 g/mol. The number of benzene rings is 2. The molecule has 3 rings (SSSR count). The quantitative estimate of drug-likeness (QED) is 0.361. The third-order valence-corrected chi connectivity index (χ3v) is 4.51. The molecule has 0 fully saturated rings. The minimum absolute atomic E-state index is 0.125. The van der Waals surface area contributed by atoms with Crippen LogP contribution in [0.25, 0.3) is 6.08 Å². The highest BCUT2D eigenvalue weighted by atomic mass is 79.9. The fourth-order valence-corrected chi connectivity index (χ4v) is 3.74. The third-order valence-electron chi connectivity index (χ3n) is 3.46. The fourth-order valence-electron chi connectivity index (χ4n) is 2.40. The van der Waals surface area contributed by atoms with Crippen LogP contribution < -0.4 is 4.74 Å². The van der Waals surface area contributed by atoms with E-state index in [1.807, 2.05) is 31.2 Å². The third kappa shape index (κ3) is 4.11. The van der Waals surface area contributed by atoms with Crippen LogP contribution in [0.5, 0.6) is 5.75 Å². The van der Waals surface area contributed by atoms with Gasteiger partial charge in [-0.2, -0.15) is 0 Å². The van der Waals surface area contributed by atoms with Gasteiger partial charge >= 0.3 is 11.9 Å². The number of halogens is 2. The lowest BCUT2D eigenvalue weighted by molar-refractivity contribution is -0.132. The average Bonchev–Trinajstić information content (AvgIpc) is 2.91. The van der Waals surface area contributed by atoms with Crippen LogP contribution in [0.4, 0.5) is 0 Å². The van der Waals surface area contributed by atoms with Crippen molar-refractivity contribution in [1.82, 2.24) is 0 Å². The van der Waals surface area contributed by atoms with Gasteiger partial charge < -0.3 is 9.47 Å². The van der Waals surface area contributed by atoms with Crippen LogP contribution in [-0.4, -0.2) is 17.8 Å². The predicted molar refractivity (Wildman–Crippen MR) is 105 cm³/mol. The van der Waals surface area contributed by atoms with E-state index in [0.717, 1.165) is 15.6 Å². The molecule has 7 heteroatoms. The van der Waals surface area contributed by atoms with E-state index in [2.05, 4.69) is 36.9 Å². The SMILES string of the molecule is CC(=O)Oc1c(Br)cc(Br)cc1/C=C1\N=C(c2cccc(C)c2)OC1=O. The number of hydrogen-bond donors (Lipinski definition) is 0. The molecule has 0 N–H and O–H groups in total. The normalized spacial score (nSPS) is 15.0. The summed E-state index contributed by atoms with van der Waals surface area (Å²) in [6.07, 6.45) is 1.53. The molecule has 0 saturated heterocycles. The molecule has 0 radical (unpaired) electrons. The number of ether oxygens (including phenoxy) is 2. The monoisotopic (exact) mass is 477 g/mol. The number of cyclic esters (lactones) is 1. The van der Waals surface area contributed by atoms with E-state index in [0.29, 0.717) is 15.8 Å². The van der Waals surface area contributed by atoms with Gasteiger partial charge in [0.1, 0.15) is 0 Å². The van der Waals surface area contributed by atoms with E-state index in [1.54, 1.807) is 12.1 Å². The van der Waals surface area contributed by atoms with Gasteiger partial charge in [0.05, 0.1) is 4.47 Å². The number of carbonyl (C=O) groups is 2. The number of hydrogen-bond acceptors (Lipinski definition) is 5. The molecule has 132 valence electrons. The Hall–Kier alpha value is -2.25. The summed E-state index contributed by atoms with van der Waals surface area (Å²) >= 11 is 6.74. The Morgan fingerprint density at radius 3 is 2.69 bits per heavy atom. The molecule has 0 amide bonds. The highest BCUT2D eigenvalue weighted by Gasteiger charge is 2.25. The second-order valence-electron chi connectivity index (χ2n) is 5.61. The first-order valence-corrected chi connectivity index (χ1v) is 9.19. The van der Waals surface area contributed by atoms with Crippen molar-refractivity contribution in [2.45, 2.75) is 13.8 Å². The van der Waals surface area contributed by atoms with Crippen molar-refractivity contribution in [3.63, 3.8) is 0 Å². The Balaban J connectivity index is 2.04. The van der Waals surface area contributed by atoms with Gasteiger partial charge in [-0.15, -0.1) is 0 Å². The maximum absolute atomic E-state index is 12.2. The van der Waals surface area contributed by atoms with Crippen molar-refractivity contribution < 1.29 is 19.1 Å². The lowest BCUT2D eigenvalue weighted by Crippen LogP contribution is -2.06. The van der Waals surface area contributed by atoms with Crippen LogP contribution in [0.15, 0.2) is 56.0 Å². The smallest absolute Gasteiger partial charge is 0.363 e. The molecule has 0 unspecified atom stereocenters. The molecule has 0 bridgehead atoms. The van der Waals surface area contributed by atoms with Crippen molar-refractivity contribution in [2.75, 3.05) is 0 Å². The standard InChI is InChI=1S/C19H13Br2NO4/c1-10-4-3-5-12(6-10)18-22-16(19(24)26-18)8-13-7-14(20)9-15(21)17(13)25-11(2)23/h3-9H,1-2H3/b16-8-. The number of aliphatic imine (C=N–C) groups is 1. The summed E-state index contributed by atoms with van der Waals surface area (Å²) in [5.74, 6) is -0.481. The summed E-state index contributed by atoms with van der Waals surface area (Å²) in [7, 11) is 0. The van der Waals surface area contributed by atoms with Gasteiger partial charge in [-0.05, 0) is 53.2 Å². The zero-order valence-electron chi connectivity index (χ0n) is 13.9. The van der Waals surface area contributed by atoms with Gasteiger partial charge in [-0.25, -0.2) is 9.79 Å². The van der Waals surface area contributed by atoms with Crippen LogP contribution in [0.1, 0.15) is 23.6 Å². The van der Waals surface area contributed by atoms with Crippen LogP contribution in [0.3, 0.4) is 0 Å². The molecule has 2 aromatic rings. The second-order valence-corrected chi connectivity index (χ2v) is 7.38. The highest BCUT2D eigenvalue weighted by molar-refractivity contribution is 9.11. The molecule has 0 spiro atoms. The minimum atomic E-state index is -0.564. The molecule has 0 saturated carbocycles. The molecular formula is C19H13Br2NO4. The van der Waals surface area contributed by atoms with Gasteiger partial charge in [-0.3, -0.25) is 4.79 Å². The van der Waals surface area contributed by atoms with Crippen LogP contribution in [0, 0.1) is 6.92 Å². The van der Waals surface area contributed by atoms with Crippen molar-refractivity contribution in [2.24, 2.45) is 4.99 Å². The first-order chi connectivity index (χ1) is 12.3. The first kappa shape index (κ1) is 18.5. The molecule has 1 aliphatic rings.